The number of carbonyl (C=O) groups excluding carboxylic acids is 2. The lowest BCUT2D eigenvalue weighted by Gasteiger charge is -2.53. The van der Waals surface area contributed by atoms with E-state index in [1.165, 1.54) is 11.3 Å². The van der Waals surface area contributed by atoms with Gasteiger partial charge >= 0.3 is 0 Å². The summed E-state index contributed by atoms with van der Waals surface area (Å²) < 4.78 is 21.7. The van der Waals surface area contributed by atoms with Crippen molar-refractivity contribution in [3.8, 4) is 21.3 Å². The van der Waals surface area contributed by atoms with Crippen LogP contribution in [0, 0.1) is 18.2 Å². The molecular weight excluding hydrogens is 688 g/mol. The molecular formula is C42H39FN6O3S. The molecule has 1 N–H and O–H groups in total. The lowest BCUT2D eigenvalue weighted by molar-refractivity contribution is -0.000523. The number of carbonyl (C=O) groups is 2. The van der Waals surface area contributed by atoms with Crippen molar-refractivity contribution in [2.45, 2.75) is 45.4 Å². The molecule has 2 saturated heterocycles. The average Bonchev–Trinajstić information content (AvgIpc) is 3.70. The van der Waals surface area contributed by atoms with Crippen molar-refractivity contribution in [2.75, 3.05) is 42.6 Å². The van der Waals surface area contributed by atoms with Crippen LogP contribution in [0.3, 0.4) is 0 Å². The van der Waals surface area contributed by atoms with E-state index >= 15 is 4.39 Å². The molecule has 0 bridgehead atoms. The molecule has 3 aliphatic heterocycles. The Bertz CT molecular complexity index is 2320. The summed E-state index contributed by atoms with van der Waals surface area (Å²) in [5, 5.41) is 0. The smallest absolute Gasteiger partial charge is 0.258 e. The molecule has 9 rings (SSSR count). The van der Waals surface area contributed by atoms with E-state index in [0.717, 1.165) is 72.1 Å². The van der Waals surface area contributed by atoms with Crippen molar-refractivity contribution in [3.63, 3.8) is 0 Å². The Kier molecular flexibility index (Phi) is 8.62. The molecule has 6 aromatic rings. The van der Waals surface area contributed by atoms with Crippen LogP contribution in [-0.2, 0) is 17.6 Å². The number of hydrogen-bond acceptors (Lipinski definition) is 8. The predicted molar refractivity (Wildman–Crippen MR) is 205 cm³/mol. The standard InChI is InChI=1S/C42H39FN6O3S/c1-26-11-16-29(40(45-26)48-24-42(25-48)18-22-52-23-19-42)34(50)10-4-6-27-12-14-28(15-13-27)41(51)49-21-17-30-35(43)38(39-46-31-7-2-3-8-32(31)47-39)53-37(30)36-33(49)9-5-20-44-36/h2-3,5,7-9,11-16,20H,4,6,10,17-19,21-25H2,1H3,(H,46,47). The van der Waals surface area contributed by atoms with E-state index in [9.17, 15) is 9.59 Å². The normalized spacial score (nSPS) is 16.3. The minimum absolute atomic E-state index is 0.107. The van der Waals surface area contributed by atoms with Gasteiger partial charge in [0.05, 0.1) is 27.2 Å². The van der Waals surface area contributed by atoms with Crippen LogP contribution in [0.25, 0.3) is 32.3 Å². The fourth-order valence-corrected chi connectivity index (χ4v) is 9.19. The lowest BCUT2D eigenvalue weighted by Crippen LogP contribution is -2.59. The van der Waals surface area contributed by atoms with E-state index in [1.807, 2.05) is 73.7 Å². The van der Waals surface area contributed by atoms with Crippen LogP contribution in [0.2, 0.25) is 0 Å². The first kappa shape index (κ1) is 33.6. The number of aryl methyl sites for hydroxylation is 2. The number of thiophene rings is 1. The summed E-state index contributed by atoms with van der Waals surface area (Å²) >= 11 is 1.31. The minimum atomic E-state index is -0.323. The van der Waals surface area contributed by atoms with Gasteiger partial charge in [-0.1, -0.05) is 24.3 Å². The Labute approximate surface area is 310 Å². The van der Waals surface area contributed by atoms with E-state index in [4.69, 9.17) is 9.72 Å². The van der Waals surface area contributed by atoms with Crippen LogP contribution in [0.5, 0.6) is 0 Å². The van der Waals surface area contributed by atoms with Crippen LogP contribution in [-0.4, -0.2) is 64.5 Å². The van der Waals surface area contributed by atoms with Crippen molar-refractivity contribution >= 4 is 45.6 Å². The Balaban J connectivity index is 0.868. The van der Waals surface area contributed by atoms with Gasteiger partial charge in [0.15, 0.2) is 11.6 Å². The van der Waals surface area contributed by atoms with Gasteiger partial charge in [-0.15, -0.1) is 11.3 Å². The van der Waals surface area contributed by atoms with E-state index in [0.29, 0.717) is 71.0 Å². The zero-order valence-electron chi connectivity index (χ0n) is 29.5. The Morgan fingerprint density at radius 2 is 1.77 bits per heavy atom. The van der Waals surface area contributed by atoms with Crippen molar-refractivity contribution in [3.05, 3.63) is 113 Å². The third-order valence-corrected chi connectivity index (χ3v) is 12.2. The number of hydrogen-bond donors (Lipinski definition) is 1. The fourth-order valence-electron chi connectivity index (χ4n) is 8.01. The summed E-state index contributed by atoms with van der Waals surface area (Å²) in [5.41, 5.74) is 6.92. The summed E-state index contributed by atoms with van der Waals surface area (Å²) in [6.45, 7) is 5.75. The first-order chi connectivity index (χ1) is 25.9. The van der Waals surface area contributed by atoms with Crippen LogP contribution < -0.4 is 9.80 Å². The van der Waals surface area contributed by atoms with Gasteiger partial charge in [-0.3, -0.25) is 14.6 Å². The minimum Gasteiger partial charge on any atom is -0.381 e. The second-order valence-corrected chi connectivity index (χ2v) is 15.5. The number of aromatic amines is 1. The number of ketones is 1. The van der Waals surface area contributed by atoms with E-state index in [-0.39, 0.29) is 22.9 Å². The predicted octanol–water partition coefficient (Wildman–Crippen LogP) is 8.22. The maximum Gasteiger partial charge on any atom is 0.258 e. The number of Topliss-reactive ketones (excluding diaryl/α,β-unsaturated/α-hetero) is 1. The van der Waals surface area contributed by atoms with E-state index in [2.05, 4.69) is 19.9 Å². The molecule has 0 aliphatic carbocycles. The molecule has 11 heteroatoms. The van der Waals surface area contributed by atoms with Gasteiger partial charge in [0.2, 0.25) is 0 Å². The van der Waals surface area contributed by atoms with Gasteiger partial charge < -0.3 is 19.5 Å². The van der Waals surface area contributed by atoms with Gasteiger partial charge in [-0.2, -0.15) is 0 Å². The molecule has 4 aromatic heterocycles. The SMILES string of the molecule is Cc1ccc(C(=O)CCCc2ccc(C(=O)N3CCc4c(sc(-c5nc6ccccc6[nH]5)c4F)-c4ncccc43)cc2)c(N2CC3(CCOCC3)C2)n1. The molecule has 9 nitrogen and oxygen atoms in total. The van der Waals surface area contributed by atoms with Crippen LogP contribution in [0.1, 0.15) is 63.2 Å². The van der Waals surface area contributed by atoms with Crippen molar-refractivity contribution in [2.24, 2.45) is 5.41 Å². The number of halogens is 1. The third kappa shape index (κ3) is 6.21. The number of nitrogens with one attached hydrogen (secondary N) is 1. The molecule has 0 saturated carbocycles. The maximum atomic E-state index is 16.1. The van der Waals surface area contributed by atoms with Crippen LogP contribution in [0.4, 0.5) is 15.9 Å². The van der Waals surface area contributed by atoms with Gasteiger partial charge in [0.1, 0.15) is 22.2 Å². The molecule has 0 atom stereocenters. The monoisotopic (exact) mass is 726 g/mol. The quantitative estimate of drug-likeness (QED) is 0.158. The van der Waals surface area contributed by atoms with Gasteiger partial charge in [-0.05, 0) is 93.1 Å². The first-order valence-corrected chi connectivity index (χ1v) is 19.1. The number of aromatic nitrogens is 4. The highest BCUT2D eigenvalue weighted by molar-refractivity contribution is 7.19. The second-order valence-electron chi connectivity index (χ2n) is 14.5. The number of H-pyrrole nitrogens is 1. The Hall–Kier alpha value is -5.26. The molecule has 7 heterocycles. The number of benzene rings is 2. The van der Waals surface area contributed by atoms with Gasteiger partial charge in [0.25, 0.3) is 5.91 Å². The number of rotatable bonds is 8. The highest BCUT2D eigenvalue weighted by Gasteiger charge is 2.45. The number of anilines is 2. The highest BCUT2D eigenvalue weighted by atomic mass is 32.1. The summed E-state index contributed by atoms with van der Waals surface area (Å²) in [6, 6.07) is 22.8. The third-order valence-electron chi connectivity index (χ3n) is 11.0. The number of para-hydroxylation sites is 2. The molecule has 1 amide bonds. The van der Waals surface area contributed by atoms with Crippen molar-refractivity contribution < 1.29 is 18.7 Å². The summed E-state index contributed by atoms with van der Waals surface area (Å²) in [7, 11) is 0. The molecule has 53 heavy (non-hydrogen) atoms. The van der Waals surface area contributed by atoms with Crippen LogP contribution in [0.15, 0.2) is 79.0 Å². The van der Waals surface area contributed by atoms with Crippen molar-refractivity contribution in [1.82, 2.24) is 19.9 Å². The number of pyridine rings is 2. The largest absolute Gasteiger partial charge is 0.381 e. The average molecular weight is 727 g/mol. The summed E-state index contributed by atoms with van der Waals surface area (Å²) in [4.78, 5) is 49.9. The number of nitrogens with zero attached hydrogens (tertiary/aromatic N) is 5. The molecule has 2 fully saturated rings. The van der Waals surface area contributed by atoms with Gasteiger partial charge in [-0.25, -0.2) is 14.4 Å². The van der Waals surface area contributed by atoms with E-state index < -0.39 is 0 Å². The second kappa shape index (κ2) is 13.6. The molecule has 3 aliphatic rings. The molecule has 2 aromatic carbocycles. The zero-order chi connectivity index (χ0) is 36.1. The Morgan fingerprint density at radius 1 is 0.962 bits per heavy atom. The molecule has 1 spiro atoms. The lowest BCUT2D eigenvalue weighted by atomic mass is 9.73. The zero-order valence-corrected chi connectivity index (χ0v) is 30.3. The first-order valence-electron chi connectivity index (χ1n) is 18.3. The Morgan fingerprint density at radius 3 is 2.58 bits per heavy atom. The molecule has 0 unspecified atom stereocenters. The number of ether oxygens (including phenoxy) is 1. The summed E-state index contributed by atoms with van der Waals surface area (Å²) in [5.74, 6) is 0.919. The van der Waals surface area contributed by atoms with Crippen LogP contribution >= 0.6 is 11.3 Å². The number of amides is 1. The maximum absolute atomic E-state index is 16.1. The molecule has 268 valence electrons. The number of fused-ring (bicyclic) bond motifs is 4. The van der Waals surface area contributed by atoms with Crippen molar-refractivity contribution in [1.29, 1.82) is 0 Å². The summed E-state index contributed by atoms with van der Waals surface area (Å²) in [6.07, 6.45) is 5.97. The fraction of sp³-hybridized carbons (Fsp3) is 0.310. The number of imidazole rings is 1. The van der Waals surface area contributed by atoms with Gasteiger partial charge in [0, 0.05) is 67.7 Å². The molecule has 0 radical (unpaired) electrons. The van der Waals surface area contributed by atoms with E-state index in [1.54, 1.807) is 17.2 Å². The highest BCUT2D eigenvalue weighted by Crippen LogP contribution is 2.46. The topological polar surface area (TPSA) is 104 Å².